The van der Waals surface area contributed by atoms with Gasteiger partial charge in [0.1, 0.15) is 23.0 Å². The fraction of sp³-hybridized carbons (Fsp3) is 0.0952. The van der Waals surface area contributed by atoms with E-state index in [9.17, 15) is 0 Å². The summed E-state index contributed by atoms with van der Waals surface area (Å²) in [6, 6.07) is 22.9. The summed E-state index contributed by atoms with van der Waals surface area (Å²) in [4.78, 5) is 4.49. The first kappa shape index (κ1) is 16.6. The van der Waals surface area contributed by atoms with E-state index in [1.807, 2.05) is 72.8 Å². The summed E-state index contributed by atoms with van der Waals surface area (Å²) in [5.41, 5.74) is 1.68. The molecule has 25 heavy (non-hydrogen) atoms. The van der Waals surface area contributed by atoms with Crippen LogP contribution in [0.5, 0.6) is 23.0 Å². The first-order valence-corrected chi connectivity index (χ1v) is 7.87. The average molecular weight is 333 g/mol. The summed E-state index contributed by atoms with van der Waals surface area (Å²) >= 11 is 0. The minimum Gasteiger partial charge on any atom is -0.497 e. The van der Waals surface area contributed by atoms with Crippen LogP contribution in [-0.2, 0) is 0 Å². The van der Waals surface area contributed by atoms with Gasteiger partial charge < -0.3 is 14.2 Å². The number of aliphatic imine (C=N–C) groups is 1. The Balaban J connectivity index is 1.74. The third kappa shape index (κ3) is 4.38. The molecule has 0 fully saturated rings. The van der Waals surface area contributed by atoms with Gasteiger partial charge >= 0.3 is 0 Å². The molecule has 4 heteroatoms. The van der Waals surface area contributed by atoms with Crippen LogP contribution in [0.1, 0.15) is 5.56 Å². The minimum absolute atomic E-state index is 0.744. The molecule has 3 rings (SSSR count). The summed E-state index contributed by atoms with van der Waals surface area (Å²) in [7, 11) is 3.27. The van der Waals surface area contributed by atoms with Crippen LogP contribution in [0.4, 0.5) is 5.69 Å². The summed E-state index contributed by atoms with van der Waals surface area (Å²) in [5, 5.41) is 0. The maximum Gasteiger partial charge on any atom is 0.127 e. The molecule has 0 unspecified atom stereocenters. The standard InChI is InChI=1S/C21H19NO3/c1-23-20-12-13-21(24-2)16(14-20)15-22-17-8-10-19(11-9-17)25-18-6-4-3-5-7-18/h3-15H,1-2H3. The highest BCUT2D eigenvalue weighted by molar-refractivity contribution is 5.86. The molecule has 0 radical (unpaired) electrons. The van der Waals surface area contributed by atoms with Gasteiger partial charge in [0.15, 0.2) is 0 Å². The van der Waals surface area contributed by atoms with Gasteiger partial charge in [-0.2, -0.15) is 0 Å². The summed E-state index contributed by atoms with van der Waals surface area (Å²) in [6.45, 7) is 0. The fourth-order valence-electron chi connectivity index (χ4n) is 2.31. The second-order valence-electron chi connectivity index (χ2n) is 5.28. The summed E-state index contributed by atoms with van der Waals surface area (Å²) in [5.74, 6) is 3.08. The Morgan fingerprint density at radius 2 is 1.40 bits per heavy atom. The van der Waals surface area contributed by atoms with Gasteiger partial charge in [0.25, 0.3) is 0 Å². The van der Waals surface area contributed by atoms with Gasteiger partial charge in [-0.15, -0.1) is 0 Å². The van der Waals surface area contributed by atoms with Crippen molar-refractivity contribution in [1.29, 1.82) is 0 Å². The molecule has 0 saturated heterocycles. The summed E-state index contributed by atoms with van der Waals surface area (Å²) < 4.78 is 16.4. The molecule has 0 N–H and O–H groups in total. The van der Waals surface area contributed by atoms with Gasteiger partial charge in [-0.05, 0) is 54.6 Å². The molecule has 0 aliphatic heterocycles. The molecule has 0 heterocycles. The van der Waals surface area contributed by atoms with E-state index in [1.54, 1.807) is 20.4 Å². The number of para-hydroxylation sites is 1. The first-order valence-electron chi connectivity index (χ1n) is 7.87. The van der Waals surface area contributed by atoms with Crippen LogP contribution in [0.25, 0.3) is 0 Å². The number of hydrogen-bond donors (Lipinski definition) is 0. The van der Waals surface area contributed by atoms with Crippen LogP contribution in [-0.4, -0.2) is 20.4 Å². The molecule has 0 saturated carbocycles. The van der Waals surface area contributed by atoms with Crippen LogP contribution in [0.2, 0.25) is 0 Å². The molecule has 0 aromatic heterocycles. The van der Waals surface area contributed by atoms with E-state index in [4.69, 9.17) is 14.2 Å². The van der Waals surface area contributed by atoms with E-state index in [-0.39, 0.29) is 0 Å². The van der Waals surface area contributed by atoms with Crippen molar-refractivity contribution >= 4 is 11.9 Å². The molecule has 0 amide bonds. The maximum atomic E-state index is 5.77. The van der Waals surface area contributed by atoms with E-state index in [0.717, 1.165) is 34.2 Å². The molecule has 4 nitrogen and oxygen atoms in total. The number of ether oxygens (including phenoxy) is 3. The summed E-state index contributed by atoms with van der Waals surface area (Å²) in [6.07, 6.45) is 1.76. The zero-order valence-corrected chi connectivity index (χ0v) is 14.2. The monoisotopic (exact) mass is 333 g/mol. The highest BCUT2D eigenvalue weighted by Crippen LogP contribution is 2.25. The molecular formula is C21H19NO3. The van der Waals surface area contributed by atoms with Crippen molar-refractivity contribution in [3.63, 3.8) is 0 Å². The molecule has 126 valence electrons. The third-order valence-electron chi connectivity index (χ3n) is 3.61. The highest BCUT2D eigenvalue weighted by atomic mass is 16.5. The lowest BCUT2D eigenvalue weighted by atomic mass is 10.2. The molecule has 3 aromatic rings. The first-order chi connectivity index (χ1) is 12.3. The predicted molar refractivity (Wildman–Crippen MR) is 99.8 cm³/mol. The minimum atomic E-state index is 0.744. The van der Waals surface area contributed by atoms with Crippen molar-refractivity contribution in [2.45, 2.75) is 0 Å². The second-order valence-corrected chi connectivity index (χ2v) is 5.28. The lowest BCUT2D eigenvalue weighted by molar-refractivity contribution is 0.402. The average Bonchev–Trinajstić information content (AvgIpc) is 2.68. The Bertz CT molecular complexity index is 843. The maximum absolute atomic E-state index is 5.77. The van der Waals surface area contributed by atoms with E-state index in [2.05, 4.69) is 4.99 Å². The number of benzene rings is 3. The molecule has 0 spiro atoms. The lowest BCUT2D eigenvalue weighted by Crippen LogP contribution is -1.92. The van der Waals surface area contributed by atoms with E-state index >= 15 is 0 Å². The van der Waals surface area contributed by atoms with Gasteiger partial charge in [-0.1, -0.05) is 18.2 Å². The van der Waals surface area contributed by atoms with Crippen molar-refractivity contribution in [3.8, 4) is 23.0 Å². The Morgan fingerprint density at radius 1 is 0.720 bits per heavy atom. The van der Waals surface area contributed by atoms with Crippen LogP contribution >= 0.6 is 0 Å². The van der Waals surface area contributed by atoms with Gasteiger partial charge in [0, 0.05) is 11.8 Å². The molecule has 0 aliphatic rings. The zero-order valence-electron chi connectivity index (χ0n) is 14.2. The van der Waals surface area contributed by atoms with E-state index < -0.39 is 0 Å². The van der Waals surface area contributed by atoms with Crippen molar-refractivity contribution in [2.75, 3.05) is 14.2 Å². The number of methoxy groups -OCH3 is 2. The Labute approximate surface area is 147 Å². The second kappa shape index (κ2) is 8.02. The van der Waals surface area contributed by atoms with Gasteiger partial charge in [0.05, 0.1) is 19.9 Å². The van der Waals surface area contributed by atoms with Crippen molar-refractivity contribution in [3.05, 3.63) is 78.4 Å². The quantitative estimate of drug-likeness (QED) is 0.579. The van der Waals surface area contributed by atoms with E-state index in [0.29, 0.717) is 0 Å². The van der Waals surface area contributed by atoms with Crippen LogP contribution in [0.15, 0.2) is 77.8 Å². The highest BCUT2D eigenvalue weighted by Gasteiger charge is 2.03. The molecule has 0 bridgehead atoms. The normalized spacial score (nSPS) is 10.6. The Hall–Kier alpha value is -3.27. The molecule has 0 aliphatic carbocycles. The lowest BCUT2D eigenvalue weighted by Gasteiger charge is -2.07. The topological polar surface area (TPSA) is 40.0 Å². The molecule has 3 aromatic carbocycles. The van der Waals surface area contributed by atoms with Crippen molar-refractivity contribution in [2.24, 2.45) is 4.99 Å². The SMILES string of the molecule is COc1ccc(OC)c(C=Nc2ccc(Oc3ccccc3)cc2)c1. The predicted octanol–water partition coefficient (Wildman–Crippen LogP) is 5.25. The third-order valence-corrected chi connectivity index (χ3v) is 3.61. The van der Waals surface area contributed by atoms with Gasteiger partial charge in [-0.3, -0.25) is 4.99 Å². The van der Waals surface area contributed by atoms with Gasteiger partial charge in [-0.25, -0.2) is 0 Å². The van der Waals surface area contributed by atoms with Crippen LogP contribution in [0.3, 0.4) is 0 Å². The fourth-order valence-corrected chi connectivity index (χ4v) is 2.31. The zero-order chi connectivity index (χ0) is 17.5. The van der Waals surface area contributed by atoms with Gasteiger partial charge in [0.2, 0.25) is 0 Å². The largest absolute Gasteiger partial charge is 0.497 e. The smallest absolute Gasteiger partial charge is 0.127 e. The van der Waals surface area contributed by atoms with Crippen molar-refractivity contribution < 1.29 is 14.2 Å². The molecule has 0 atom stereocenters. The molecular weight excluding hydrogens is 314 g/mol. The van der Waals surface area contributed by atoms with Crippen molar-refractivity contribution in [1.82, 2.24) is 0 Å². The Morgan fingerprint density at radius 3 is 2.08 bits per heavy atom. The van der Waals surface area contributed by atoms with Crippen LogP contribution in [0, 0.1) is 0 Å². The number of nitrogens with zero attached hydrogens (tertiary/aromatic N) is 1. The Kier molecular flexibility index (Phi) is 5.32. The van der Waals surface area contributed by atoms with E-state index in [1.165, 1.54) is 0 Å². The number of hydrogen-bond acceptors (Lipinski definition) is 4. The number of rotatable bonds is 6. The van der Waals surface area contributed by atoms with Crippen LogP contribution < -0.4 is 14.2 Å².